The van der Waals surface area contributed by atoms with E-state index in [4.69, 9.17) is 4.74 Å². The Morgan fingerprint density at radius 1 is 1.10 bits per heavy atom. The number of benzene rings is 1. The molecule has 0 radical (unpaired) electrons. The van der Waals surface area contributed by atoms with Crippen molar-refractivity contribution >= 4 is 0 Å². The summed E-state index contributed by atoms with van der Waals surface area (Å²) in [5.74, 6) is 2.45. The zero-order chi connectivity index (χ0) is 14.2. The van der Waals surface area contributed by atoms with Crippen molar-refractivity contribution in [2.45, 2.75) is 51.4 Å². The highest BCUT2D eigenvalue weighted by molar-refractivity contribution is 5.30. The van der Waals surface area contributed by atoms with Gasteiger partial charge in [-0.3, -0.25) is 0 Å². The molecule has 0 aromatic heterocycles. The lowest BCUT2D eigenvalue weighted by molar-refractivity contribution is 0.362. The van der Waals surface area contributed by atoms with Crippen LogP contribution in [0.25, 0.3) is 0 Å². The second kappa shape index (κ2) is 8.31. The van der Waals surface area contributed by atoms with E-state index in [9.17, 15) is 0 Å². The summed E-state index contributed by atoms with van der Waals surface area (Å²) in [6, 6.07) is 8.72. The van der Waals surface area contributed by atoms with Gasteiger partial charge in [0.1, 0.15) is 5.75 Å². The molecule has 1 aliphatic rings. The minimum Gasteiger partial charge on any atom is -0.497 e. The molecule has 0 amide bonds. The molecule has 0 bridgehead atoms. The van der Waals surface area contributed by atoms with Crippen LogP contribution in [0.5, 0.6) is 5.75 Å². The lowest BCUT2D eigenvalue weighted by Crippen LogP contribution is -2.26. The van der Waals surface area contributed by atoms with Gasteiger partial charge in [-0.05, 0) is 48.9 Å². The standard InChI is InChI=1S/C18H29NO/c1-3-19-14-18(15-8-6-4-5-7-9-15)16-10-12-17(20-2)13-11-16/h10-13,15,18-19H,3-9,14H2,1-2H3. The molecule has 2 heteroatoms. The van der Waals surface area contributed by atoms with Crippen molar-refractivity contribution in [1.29, 1.82) is 0 Å². The Hall–Kier alpha value is -1.02. The lowest BCUT2D eigenvalue weighted by atomic mass is 9.81. The highest BCUT2D eigenvalue weighted by atomic mass is 16.5. The SMILES string of the molecule is CCNCC(c1ccc(OC)cc1)C1CCCCCC1. The summed E-state index contributed by atoms with van der Waals surface area (Å²) in [5, 5.41) is 3.56. The molecule has 0 heterocycles. The predicted molar refractivity (Wildman–Crippen MR) is 85.5 cm³/mol. The van der Waals surface area contributed by atoms with Crippen LogP contribution in [-0.4, -0.2) is 20.2 Å². The molecule has 0 spiro atoms. The van der Waals surface area contributed by atoms with Crippen molar-refractivity contribution in [3.05, 3.63) is 29.8 Å². The summed E-state index contributed by atoms with van der Waals surface area (Å²) in [6.45, 7) is 4.35. The van der Waals surface area contributed by atoms with Gasteiger partial charge in [0.15, 0.2) is 0 Å². The third-order valence-corrected chi connectivity index (χ3v) is 4.63. The van der Waals surface area contributed by atoms with E-state index in [2.05, 4.69) is 36.5 Å². The van der Waals surface area contributed by atoms with Crippen LogP contribution in [0.2, 0.25) is 0 Å². The van der Waals surface area contributed by atoms with Crippen LogP contribution in [0, 0.1) is 5.92 Å². The number of hydrogen-bond donors (Lipinski definition) is 1. The van der Waals surface area contributed by atoms with Gasteiger partial charge in [0.25, 0.3) is 0 Å². The molecule has 1 atom stereocenters. The smallest absolute Gasteiger partial charge is 0.118 e. The molecule has 1 unspecified atom stereocenters. The van der Waals surface area contributed by atoms with Crippen LogP contribution in [0.3, 0.4) is 0 Å². The van der Waals surface area contributed by atoms with Gasteiger partial charge in [-0.2, -0.15) is 0 Å². The Labute approximate surface area is 123 Å². The highest BCUT2D eigenvalue weighted by Crippen LogP contribution is 2.35. The number of hydrogen-bond acceptors (Lipinski definition) is 2. The molecule has 1 aromatic rings. The number of nitrogens with one attached hydrogen (secondary N) is 1. The average molecular weight is 275 g/mol. The zero-order valence-corrected chi connectivity index (χ0v) is 13.0. The van der Waals surface area contributed by atoms with Gasteiger partial charge in [-0.15, -0.1) is 0 Å². The van der Waals surface area contributed by atoms with Crippen molar-refractivity contribution in [2.24, 2.45) is 5.92 Å². The minimum atomic E-state index is 0.652. The van der Waals surface area contributed by atoms with Gasteiger partial charge >= 0.3 is 0 Å². The molecule has 20 heavy (non-hydrogen) atoms. The van der Waals surface area contributed by atoms with Gasteiger partial charge in [-0.25, -0.2) is 0 Å². The highest BCUT2D eigenvalue weighted by Gasteiger charge is 2.23. The van der Waals surface area contributed by atoms with E-state index >= 15 is 0 Å². The van der Waals surface area contributed by atoms with E-state index < -0.39 is 0 Å². The van der Waals surface area contributed by atoms with Crippen molar-refractivity contribution in [3.8, 4) is 5.75 Å². The molecule has 1 N–H and O–H groups in total. The summed E-state index contributed by atoms with van der Waals surface area (Å²) >= 11 is 0. The topological polar surface area (TPSA) is 21.3 Å². The number of likely N-dealkylation sites (N-methyl/N-ethyl adjacent to an activating group) is 1. The Morgan fingerprint density at radius 3 is 2.30 bits per heavy atom. The van der Waals surface area contributed by atoms with E-state index in [1.807, 2.05) is 0 Å². The van der Waals surface area contributed by atoms with Gasteiger partial charge in [0, 0.05) is 6.54 Å². The second-order valence-corrected chi connectivity index (χ2v) is 5.94. The minimum absolute atomic E-state index is 0.652. The van der Waals surface area contributed by atoms with E-state index in [1.165, 1.54) is 44.1 Å². The summed E-state index contributed by atoms with van der Waals surface area (Å²) in [6.07, 6.45) is 8.44. The fourth-order valence-corrected chi connectivity index (χ4v) is 3.42. The number of ether oxygens (including phenoxy) is 1. The van der Waals surface area contributed by atoms with E-state index in [0.717, 1.165) is 24.8 Å². The third-order valence-electron chi connectivity index (χ3n) is 4.63. The first-order valence-corrected chi connectivity index (χ1v) is 8.19. The predicted octanol–water partition coefficient (Wildman–Crippen LogP) is 4.36. The maximum Gasteiger partial charge on any atom is 0.118 e. The first-order chi connectivity index (χ1) is 9.85. The summed E-state index contributed by atoms with van der Waals surface area (Å²) < 4.78 is 5.28. The van der Waals surface area contributed by atoms with Crippen molar-refractivity contribution in [3.63, 3.8) is 0 Å². The van der Waals surface area contributed by atoms with Crippen LogP contribution in [0.1, 0.15) is 56.9 Å². The first kappa shape index (κ1) is 15.4. The Balaban J connectivity index is 2.11. The normalized spacial score (nSPS) is 18.5. The van der Waals surface area contributed by atoms with Gasteiger partial charge in [0.05, 0.1) is 7.11 Å². The third kappa shape index (κ3) is 4.24. The molecule has 1 saturated carbocycles. The quantitative estimate of drug-likeness (QED) is 0.779. The molecule has 1 aromatic carbocycles. The van der Waals surface area contributed by atoms with Gasteiger partial charge < -0.3 is 10.1 Å². The Kier molecular flexibility index (Phi) is 6.38. The molecule has 2 nitrogen and oxygen atoms in total. The summed E-state index contributed by atoms with van der Waals surface area (Å²) in [5.41, 5.74) is 1.47. The van der Waals surface area contributed by atoms with Crippen molar-refractivity contribution in [2.75, 3.05) is 20.2 Å². The Bertz CT molecular complexity index is 366. The van der Waals surface area contributed by atoms with E-state index in [-0.39, 0.29) is 0 Å². The molecule has 0 saturated heterocycles. The second-order valence-electron chi connectivity index (χ2n) is 5.94. The molecule has 2 rings (SSSR count). The molecular weight excluding hydrogens is 246 g/mol. The zero-order valence-electron chi connectivity index (χ0n) is 13.0. The van der Waals surface area contributed by atoms with Crippen LogP contribution >= 0.6 is 0 Å². The fourth-order valence-electron chi connectivity index (χ4n) is 3.42. The van der Waals surface area contributed by atoms with Gasteiger partial charge in [0.2, 0.25) is 0 Å². The molecule has 112 valence electrons. The molecule has 1 aliphatic carbocycles. The van der Waals surface area contributed by atoms with E-state index in [0.29, 0.717) is 5.92 Å². The van der Waals surface area contributed by atoms with Crippen LogP contribution in [-0.2, 0) is 0 Å². The first-order valence-electron chi connectivity index (χ1n) is 8.19. The fraction of sp³-hybridized carbons (Fsp3) is 0.667. The molecule has 1 fully saturated rings. The molecular formula is C18H29NO. The summed E-state index contributed by atoms with van der Waals surface area (Å²) in [7, 11) is 1.73. The van der Waals surface area contributed by atoms with Crippen LogP contribution in [0.4, 0.5) is 0 Å². The average Bonchev–Trinajstić information content (AvgIpc) is 2.77. The largest absolute Gasteiger partial charge is 0.497 e. The monoisotopic (exact) mass is 275 g/mol. The van der Waals surface area contributed by atoms with Crippen LogP contribution in [0.15, 0.2) is 24.3 Å². The lowest BCUT2D eigenvalue weighted by Gasteiger charge is -2.27. The Morgan fingerprint density at radius 2 is 1.75 bits per heavy atom. The number of rotatable bonds is 6. The maximum absolute atomic E-state index is 5.28. The maximum atomic E-state index is 5.28. The van der Waals surface area contributed by atoms with Crippen molar-refractivity contribution in [1.82, 2.24) is 5.32 Å². The van der Waals surface area contributed by atoms with Crippen LogP contribution < -0.4 is 10.1 Å². The summed E-state index contributed by atoms with van der Waals surface area (Å²) in [4.78, 5) is 0. The number of methoxy groups -OCH3 is 1. The van der Waals surface area contributed by atoms with Gasteiger partial charge in [-0.1, -0.05) is 44.7 Å². The molecule has 0 aliphatic heterocycles. The van der Waals surface area contributed by atoms with Crippen molar-refractivity contribution < 1.29 is 4.74 Å². The van der Waals surface area contributed by atoms with E-state index in [1.54, 1.807) is 7.11 Å².